The average Bonchev–Trinajstić information content (AvgIpc) is 2.79. The van der Waals surface area contributed by atoms with Gasteiger partial charge in [0, 0.05) is 12.6 Å². The molecule has 3 nitrogen and oxygen atoms in total. The number of nitrogens with zero attached hydrogens (tertiary/aromatic N) is 1. The van der Waals surface area contributed by atoms with E-state index in [0.717, 1.165) is 19.3 Å². The highest BCUT2D eigenvalue weighted by molar-refractivity contribution is 7.20. The zero-order valence-electron chi connectivity index (χ0n) is 11.6. The molecule has 112 valence electrons. The summed E-state index contributed by atoms with van der Waals surface area (Å²) in [6.07, 6.45) is 4.48. The van der Waals surface area contributed by atoms with Gasteiger partial charge in [-0.2, -0.15) is 0 Å². The Bertz CT molecular complexity index is 478. The van der Waals surface area contributed by atoms with Gasteiger partial charge in [-0.3, -0.25) is 4.79 Å². The van der Waals surface area contributed by atoms with Crippen LogP contribution in [0.3, 0.4) is 0 Å². The standard InChI is InChI=1S/C14H20Cl2N2OS/c1-2-18(11-6-4-3-5-9(11)8-17)14(19)10-7-12(15)20-13(10)16/h7,9,11H,2-6,8,17H2,1H3. The molecule has 0 spiro atoms. The maximum atomic E-state index is 12.7. The van der Waals surface area contributed by atoms with Gasteiger partial charge in [0.25, 0.3) is 5.91 Å². The third kappa shape index (κ3) is 3.30. The Morgan fingerprint density at radius 2 is 2.15 bits per heavy atom. The molecule has 1 aromatic heterocycles. The van der Waals surface area contributed by atoms with E-state index in [4.69, 9.17) is 28.9 Å². The zero-order valence-corrected chi connectivity index (χ0v) is 13.9. The van der Waals surface area contributed by atoms with E-state index >= 15 is 0 Å². The molecular formula is C14H20Cl2N2OS. The zero-order chi connectivity index (χ0) is 14.7. The number of carbonyl (C=O) groups excluding carboxylic acids is 1. The summed E-state index contributed by atoms with van der Waals surface area (Å²) < 4.78 is 1.02. The van der Waals surface area contributed by atoms with Crippen LogP contribution in [0.15, 0.2) is 6.07 Å². The van der Waals surface area contributed by atoms with Crippen LogP contribution in [0.2, 0.25) is 8.67 Å². The quantitative estimate of drug-likeness (QED) is 0.903. The smallest absolute Gasteiger partial charge is 0.256 e. The lowest BCUT2D eigenvalue weighted by atomic mass is 9.83. The van der Waals surface area contributed by atoms with Gasteiger partial charge >= 0.3 is 0 Å². The SMILES string of the molecule is CCN(C(=O)c1cc(Cl)sc1Cl)C1CCCCC1CN. The topological polar surface area (TPSA) is 46.3 Å². The van der Waals surface area contributed by atoms with Crippen LogP contribution in [0.5, 0.6) is 0 Å². The molecule has 1 amide bonds. The number of nitrogens with two attached hydrogens (primary N) is 1. The van der Waals surface area contributed by atoms with Gasteiger partial charge < -0.3 is 10.6 Å². The number of rotatable bonds is 4. The molecular weight excluding hydrogens is 315 g/mol. The summed E-state index contributed by atoms with van der Waals surface area (Å²) in [5.41, 5.74) is 6.39. The first-order chi connectivity index (χ1) is 9.58. The third-order valence-corrected chi connectivity index (χ3v) is 5.55. The van der Waals surface area contributed by atoms with Crippen molar-refractivity contribution < 1.29 is 4.79 Å². The molecule has 0 saturated heterocycles. The number of hydrogen-bond acceptors (Lipinski definition) is 3. The van der Waals surface area contributed by atoms with Crippen LogP contribution in [0.4, 0.5) is 0 Å². The van der Waals surface area contributed by atoms with Crippen molar-refractivity contribution >= 4 is 40.4 Å². The molecule has 6 heteroatoms. The summed E-state index contributed by atoms with van der Waals surface area (Å²) in [4.78, 5) is 14.6. The van der Waals surface area contributed by atoms with Crippen LogP contribution in [0, 0.1) is 5.92 Å². The average molecular weight is 335 g/mol. The number of carbonyl (C=O) groups is 1. The summed E-state index contributed by atoms with van der Waals surface area (Å²) >= 11 is 13.3. The molecule has 2 rings (SSSR count). The van der Waals surface area contributed by atoms with Crippen LogP contribution in [0.1, 0.15) is 43.0 Å². The summed E-state index contributed by atoms with van der Waals surface area (Å²) in [5.74, 6) is 0.367. The minimum absolute atomic E-state index is 0.0222. The van der Waals surface area contributed by atoms with Crippen molar-refractivity contribution in [3.8, 4) is 0 Å². The van der Waals surface area contributed by atoms with E-state index < -0.39 is 0 Å². The molecule has 0 aromatic carbocycles. The van der Waals surface area contributed by atoms with E-state index in [1.165, 1.54) is 17.8 Å². The monoisotopic (exact) mass is 334 g/mol. The second kappa shape index (κ2) is 7.12. The number of amides is 1. The minimum atomic E-state index is -0.0222. The van der Waals surface area contributed by atoms with E-state index in [1.54, 1.807) is 6.07 Å². The number of halogens is 2. The van der Waals surface area contributed by atoms with Gasteiger partial charge in [-0.15, -0.1) is 11.3 Å². The maximum absolute atomic E-state index is 12.7. The Morgan fingerprint density at radius 1 is 1.45 bits per heavy atom. The Hall–Kier alpha value is -0.290. The molecule has 1 aliphatic rings. The van der Waals surface area contributed by atoms with Gasteiger partial charge in [0.05, 0.1) is 9.90 Å². The molecule has 20 heavy (non-hydrogen) atoms. The van der Waals surface area contributed by atoms with E-state index in [2.05, 4.69) is 0 Å². The van der Waals surface area contributed by atoms with Gasteiger partial charge in [-0.25, -0.2) is 0 Å². The molecule has 0 radical (unpaired) electrons. The molecule has 2 unspecified atom stereocenters. The fourth-order valence-electron chi connectivity index (χ4n) is 3.04. The first kappa shape index (κ1) is 16.1. The van der Waals surface area contributed by atoms with Crippen LogP contribution < -0.4 is 5.73 Å². The molecule has 0 bridgehead atoms. The summed E-state index contributed by atoms with van der Waals surface area (Å²) in [5, 5.41) is 0. The van der Waals surface area contributed by atoms with Crippen molar-refractivity contribution in [2.45, 2.75) is 38.6 Å². The van der Waals surface area contributed by atoms with Gasteiger partial charge in [0.2, 0.25) is 0 Å². The highest BCUT2D eigenvalue weighted by Crippen LogP contribution is 2.34. The highest BCUT2D eigenvalue weighted by atomic mass is 35.5. The van der Waals surface area contributed by atoms with Gasteiger partial charge in [0.15, 0.2) is 0 Å². The fraction of sp³-hybridized carbons (Fsp3) is 0.643. The predicted octanol–water partition coefficient (Wildman–Crippen LogP) is 4.03. The normalized spacial score (nSPS) is 22.8. The first-order valence-electron chi connectivity index (χ1n) is 7.04. The van der Waals surface area contributed by atoms with E-state index in [0.29, 0.717) is 33.2 Å². The van der Waals surface area contributed by atoms with Gasteiger partial charge in [-0.05, 0) is 38.3 Å². The molecule has 2 atom stereocenters. The Kier molecular flexibility index (Phi) is 5.73. The number of thiophene rings is 1. The Morgan fingerprint density at radius 3 is 2.70 bits per heavy atom. The minimum Gasteiger partial charge on any atom is -0.336 e. The van der Waals surface area contributed by atoms with Crippen LogP contribution in [0.25, 0.3) is 0 Å². The highest BCUT2D eigenvalue weighted by Gasteiger charge is 2.32. The first-order valence-corrected chi connectivity index (χ1v) is 8.61. The largest absolute Gasteiger partial charge is 0.336 e. The van der Waals surface area contributed by atoms with Crippen molar-refractivity contribution in [1.29, 1.82) is 0 Å². The Labute approximate surface area is 134 Å². The molecule has 2 N–H and O–H groups in total. The van der Waals surface area contributed by atoms with Crippen LogP contribution >= 0.6 is 34.5 Å². The summed E-state index contributed by atoms with van der Waals surface area (Å²) in [6, 6.07) is 1.89. The molecule has 1 aliphatic carbocycles. The van der Waals surface area contributed by atoms with E-state index in [1.807, 2.05) is 11.8 Å². The van der Waals surface area contributed by atoms with Crippen molar-refractivity contribution in [2.24, 2.45) is 11.7 Å². The van der Waals surface area contributed by atoms with Crippen molar-refractivity contribution in [1.82, 2.24) is 4.90 Å². The third-order valence-electron chi connectivity index (χ3n) is 4.06. The van der Waals surface area contributed by atoms with Crippen LogP contribution in [-0.4, -0.2) is 29.9 Å². The lowest BCUT2D eigenvalue weighted by Gasteiger charge is -2.39. The molecule has 1 saturated carbocycles. The fourth-order valence-corrected chi connectivity index (χ4v) is 4.49. The molecule has 1 heterocycles. The molecule has 1 aromatic rings. The van der Waals surface area contributed by atoms with Crippen molar-refractivity contribution in [3.05, 3.63) is 20.3 Å². The summed E-state index contributed by atoms with van der Waals surface area (Å²) in [6.45, 7) is 3.30. The lowest BCUT2D eigenvalue weighted by molar-refractivity contribution is 0.0561. The van der Waals surface area contributed by atoms with Gasteiger partial charge in [0.1, 0.15) is 4.34 Å². The van der Waals surface area contributed by atoms with E-state index in [-0.39, 0.29) is 11.9 Å². The summed E-state index contributed by atoms with van der Waals surface area (Å²) in [7, 11) is 0. The molecule has 0 aliphatic heterocycles. The molecule has 1 fully saturated rings. The Balaban J connectivity index is 2.22. The van der Waals surface area contributed by atoms with Crippen molar-refractivity contribution in [2.75, 3.05) is 13.1 Å². The number of hydrogen-bond donors (Lipinski definition) is 1. The lowest BCUT2D eigenvalue weighted by Crippen LogP contribution is -2.48. The van der Waals surface area contributed by atoms with Crippen molar-refractivity contribution in [3.63, 3.8) is 0 Å². The predicted molar refractivity (Wildman–Crippen MR) is 85.8 cm³/mol. The maximum Gasteiger partial charge on any atom is 0.256 e. The van der Waals surface area contributed by atoms with Crippen LogP contribution in [-0.2, 0) is 0 Å². The second-order valence-corrected chi connectivity index (χ2v) is 7.46. The van der Waals surface area contributed by atoms with Gasteiger partial charge in [-0.1, -0.05) is 36.0 Å². The second-order valence-electron chi connectivity index (χ2n) is 5.18. The van der Waals surface area contributed by atoms with E-state index in [9.17, 15) is 4.79 Å².